The van der Waals surface area contributed by atoms with Gasteiger partial charge in [0.05, 0.1) is 35.7 Å². The molecule has 1 aromatic carbocycles. The number of urea groups is 1. The SMILES string of the molecule is CN1CCN(c2ccc(C(F)(F)F)cc2NC(=O)N2CCO[C@@H]3CCCC[C@@H]32)CC1. The number of alkyl halides is 3. The van der Waals surface area contributed by atoms with E-state index in [1.165, 1.54) is 6.07 Å². The second kappa shape index (κ2) is 8.63. The third-order valence-electron chi connectivity index (χ3n) is 6.40. The number of morpholine rings is 1. The predicted molar refractivity (Wildman–Crippen MR) is 109 cm³/mol. The summed E-state index contributed by atoms with van der Waals surface area (Å²) >= 11 is 0. The maximum Gasteiger partial charge on any atom is 0.416 e. The Balaban J connectivity index is 1.58. The summed E-state index contributed by atoms with van der Waals surface area (Å²) in [6, 6.07) is 3.28. The summed E-state index contributed by atoms with van der Waals surface area (Å²) in [6.07, 6.45) is -0.538. The van der Waals surface area contributed by atoms with Crippen LogP contribution in [0.5, 0.6) is 0 Å². The van der Waals surface area contributed by atoms with Crippen molar-refractivity contribution >= 4 is 17.4 Å². The molecule has 2 aliphatic heterocycles. The molecule has 0 radical (unpaired) electrons. The first-order valence-corrected chi connectivity index (χ1v) is 10.7. The number of halogens is 3. The van der Waals surface area contributed by atoms with E-state index in [9.17, 15) is 18.0 Å². The van der Waals surface area contributed by atoms with Gasteiger partial charge in [-0.05, 0) is 38.1 Å². The molecule has 1 aliphatic carbocycles. The molecule has 3 fully saturated rings. The van der Waals surface area contributed by atoms with E-state index >= 15 is 0 Å². The molecule has 2 amide bonds. The number of carbonyl (C=O) groups is 1. The van der Waals surface area contributed by atoms with Gasteiger partial charge < -0.3 is 24.8 Å². The molecule has 1 aromatic rings. The monoisotopic (exact) mass is 426 g/mol. The Bertz CT molecular complexity index is 763. The van der Waals surface area contributed by atoms with Crippen LogP contribution < -0.4 is 10.2 Å². The smallest absolute Gasteiger partial charge is 0.374 e. The standard InChI is InChI=1S/C21H29F3N4O2/c1-26-8-10-27(11-9-26)17-7-6-15(21(22,23)24)14-16(17)25-20(29)28-12-13-30-19-5-3-2-4-18(19)28/h6-7,14,18-19H,2-5,8-13H2,1H3,(H,25,29)/t18-,19+/m0/s1. The number of carbonyl (C=O) groups excluding carboxylic acids is 1. The molecule has 30 heavy (non-hydrogen) atoms. The van der Waals surface area contributed by atoms with E-state index in [1.54, 1.807) is 4.90 Å². The quantitative estimate of drug-likeness (QED) is 0.785. The number of hydrogen-bond donors (Lipinski definition) is 1. The van der Waals surface area contributed by atoms with Gasteiger partial charge in [0, 0.05) is 32.7 Å². The van der Waals surface area contributed by atoms with Crippen LogP contribution in [0.3, 0.4) is 0 Å². The molecule has 4 rings (SSSR count). The maximum absolute atomic E-state index is 13.3. The number of amides is 2. The van der Waals surface area contributed by atoms with E-state index in [1.807, 2.05) is 11.9 Å². The minimum absolute atomic E-state index is 0.00890. The highest BCUT2D eigenvalue weighted by Crippen LogP contribution is 2.36. The average Bonchev–Trinajstić information content (AvgIpc) is 2.73. The first kappa shape index (κ1) is 21.2. The Morgan fingerprint density at radius 3 is 2.57 bits per heavy atom. The highest BCUT2D eigenvalue weighted by Gasteiger charge is 2.37. The van der Waals surface area contributed by atoms with Gasteiger partial charge in [-0.2, -0.15) is 13.2 Å². The van der Waals surface area contributed by atoms with Crippen LogP contribution in [0.15, 0.2) is 18.2 Å². The first-order valence-electron chi connectivity index (χ1n) is 10.7. The molecule has 2 heterocycles. The number of nitrogens with zero attached hydrogens (tertiary/aromatic N) is 3. The number of piperazine rings is 1. The molecule has 9 heteroatoms. The van der Waals surface area contributed by atoms with Crippen molar-refractivity contribution in [3.63, 3.8) is 0 Å². The number of nitrogens with one attached hydrogen (secondary N) is 1. The molecular formula is C21H29F3N4O2. The Morgan fingerprint density at radius 1 is 1.10 bits per heavy atom. The maximum atomic E-state index is 13.3. The Morgan fingerprint density at radius 2 is 1.83 bits per heavy atom. The largest absolute Gasteiger partial charge is 0.416 e. The minimum Gasteiger partial charge on any atom is -0.374 e. The Hall–Kier alpha value is -2.00. The topological polar surface area (TPSA) is 48.0 Å². The van der Waals surface area contributed by atoms with Crippen molar-refractivity contribution in [1.82, 2.24) is 9.80 Å². The van der Waals surface area contributed by atoms with Crippen LogP contribution in [0, 0.1) is 0 Å². The van der Waals surface area contributed by atoms with Crippen molar-refractivity contribution in [1.29, 1.82) is 0 Å². The summed E-state index contributed by atoms with van der Waals surface area (Å²) < 4.78 is 45.9. The lowest BCUT2D eigenvalue weighted by molar-refractivity contribution is -0.137. The van der Waals surface area contributed by atoms with E-state index in [0.717, 1.165) is 50.9 Å². The fourth-order valence-electron chi connectivity index (χ4n) is 4.67. The van der Waals surface area contributed by atoms with Crippen molar-refractivity contribution < 1.29 is 22.7 Å². The van der Waals surface area contributed by atoms with Crippen molar-refractivity contribution in [2.24, 2.45) is 0 Å². The highest BCUT2D eigenvalue weighted by atomic mass is 19.4. The van der Waals surface area contributed by atoms with E-state index < -0.39 is 11.7 Å². The van der Waals surface area contributed by atoms with Gasteiger partial charge in [0.25, 0.3) is 0 Å². The van der Waals surface area contributed by atoms with Gasteiger partial charge >= 0.3 is 12.2 Å². The van der Waals surface area contributed by atoms with Gasteiger partial charge in [0.2, 0.25) is 0 Å². The molecule has 6 nitrogen and oxygen atoms in total. The predicted octanol–water partition coefficient (Wildman–Crippen LogP) is 3.63. The Labute approximate surface area is 174 Å². The molecule has 0 unspecified atom stereocenters. The summed E-state index contributed by atoms with van der Waals surface area (Å²) in [5.74, 6) is 0. The molecule has 3 aliphatic rings. The van der Waals surface area contributed by atoms with Crippen molar-refractivity contribution in [2.45, 2.75) is 44.0 Å². The van der Waals surface area contributed by atoms with E-state index in [0.29, 0.717) is 31.9 Å². The number of ether oxygens (including phenoxy) is 1. The summed E-state index contributed by atoms with van der Waals surface area (Å²) in [7, 11) is 2.02. The fraction of sp³-hybridized carbons (Fsp3) is 0.667. The summed E-state index contributed by atoms with van der Waals surface area (Å²) in [5, 5.41) is 2.81. The van der Waals surface area contributed by atoms with Gasteiger partial charge in [0.1, 0.15) is 0 Å². The van der Waals surface area contributed by atoms with Gasteiger partial charge in [0.15, 0.2) is 0 Å². The fourth-order valence-corrected chi connectivity index (χ4v) is 4.67. The van der Waals surface area contributed by atoms with E-state index in [2.05, 4.69) is 10.2 Å². The summed E-state index contributed by atoms with van der Waals surface area (Å²) in [4.78, 5) is 19.1. The number of hydrogen-bond acceptors (Lipinski definition) is 4. The summed E-state index contributed by atoms with van der Waals surface area (Å²) in [5.41, 5.74) is 0.101. The molecule has 2 saturated heterocycles. The number of rotatable bonds is 2. The number of fused-ring (bicyclic) bond motifs is 1. The van der Waals surface area contributed by atoms with Gasteiger partial charge in [-0.1, -0.05) is 12.8 Å². The van der Waals surface area contributed by atoms with Gasteiger partial charge in [-0.25, -0.2) is 4.79 Å². The van der Waals surface area contributed by atoms with Crippen LogP contribution in [-0.4, -0.2) is 74.4 Å². The number of benzene rings is 1. The molecular weight excluding hydrogens is 397 g/mol. The zero-order valence-corrected chi connectivity index (χ0v) is 17.2. The second-order valence-electron chi connectivity index (χ2n) is 8.40. The lowest BCUT2D eigenvalue weighted by atomic mass is 9.90. The average molecular weight is 426 g/mol. The third-order valence-corrected chi connectivity index (χ3v) is 6.40. The normalized spacial score (nSPS) is 25.7. The molecule has 0 spiro atoms. The van der Waals surface area contributed by atoms with Crippen LogP contribution in [0.2, 0.25) is 0 Å². The second-order valence-corrected chi connectivity index (χ2v) is 8.40. The van der Waals surface area contributed by atoms with Crippen LogP contribution in [0.4, 0.5) is 29.3 Å². The first-order chi connectivity index (χ1) is 14.3. The minimum atomic E-state index is -4.46. The lowest BCUT2D eigenvalue weighted by Crippen LogP contribution is -2.56. The lowest BCUT2D eigenvalue weighted by Gasteiger charge is -2.43. The number of anilines is 2. The third kappa shape index (κ3) is 4.51. The number of likely N-dealkylation sites (N-methyl/N-ethyl adjacent to an activating group) is 1. The molecule has 1 N–H and O–H groups in total. The summed E-state index contributed by atoms with van der Waals surface area (Å²) in [6.45, 7) is 3.96. The van der Waals surface area contributed by atoms with Crippen molar-refractivity contribution in [2.75, 3.05) is 56.6 Å². The van der Waals surface area contributed by atoms with Crippen LogP contribution in [0.25, 0.3) is 0 Å². The van der Waals surface area contributed by atoms with E-state index in [4.69, 9.17) is 4.74 Å². The van der Waals surface area contributed by atoms with Crippen molar-refractivity contribution in [3.05, 3.63) is 23.8 Å². The van der Waals surface area contributed by atoms with Crippen molar-refractivity contribution in [3.8, 4) is 0 Å². The van der Waals surface area contributed by atoms with E-state index in [-0.39, 0.29) is 23.9 Å². The van der Waals surface area contributed by atoms with Gasteiger partial charge in [-0.15, -0.1) is 0 Å². The molecule has 2 atom stereocenters. The molecule has 0 aromatic heterocycles. The van der Waals surface area contributed by atoms with Crippen LogP contribution in [-0.2, 0) is 10.9 Å². The van der Waals surface area contributed by atoms with Gasteiger partial charge in [-0.3, -0.25) is 0 Å². The Kier molecular flexibility index (Phi) is 6.11. The zero-order valence-electron chi connectivity index (χ0n) is 17.2. The molecule has 166 valence electrons. The zero-order chi connectivity index (χ0) is 21.3. The molecule has 1 saturated carbocycles. The van der Waals surface area contributed by atoms with Crippen LogP contribution in [0.1, 0.15) is 31.2 Å². The van der Waals surface area contributed by atoms with Crippen LogP contribution >= 0.6 is 0 Å². The molecule has 0 bridgehead atoms. The highest BCUT2D eigenvalue weighted by molar-refractivity contribution is 5.94.